The van der Waals surface area contributed by atoms with Crippen LogP contribution in [-0.2, 0) is 12.8 Å². The predicted molar refractivity (Wildman–Crippen MR) is 119 cm³/mol. The van der Waals surface area contributed by atoms with E-state index in [9.17, 15) is 0 Å². The molecule has 1 aliphatic heterocycles. The fourth-order valence-electron chi connectivity index (χ4n) is 5.40. The van der Waals surface area contributed by atoms with E-state index in [1.54, 1.807) is 0 Å². The number of nitrogens with zero attached hydrogens (tertiary/aromatic N) is 3. The summed E-state index contributed by atoms with van der Waals surface area (Å²) in [6.07, 6.45) is 11.6. The zero-order valence-corrected chi connectivity index (χ0v) is 18.1. The van der Waals surface area contributed by atoms with Crippen LogP contribution in [0.5, 0.6) is 0 Å². The zero-order valence-electron chi connectivity index (χ0n) is 18.1. The Labute approximate surface area is 170 Å². The molecule has 28 heavy (non-hydrogen) atoms. The van der Waals surface area contributed by atoms with E-state index in [1.807, 2.05) is 7.05 Å². The molecule has 4 rings (SSSR count). The molecule has 0 amide bonds. The van der Waals surface area contributed by atoms with Gasteiger partial charge < -0.3 is 14.8 Å². The first-order chi connectivity index (χ1) is 13.7. The molecule has 2 heterocycles. The van der Waals surface area contributed by atoms with Crippen LogP contribution in [0, 0.1) is 5.92 Å². The van der Waals surface area contributed by atoms with Crippen molar-refractivity contribution < 1.29 is 0 Å². The summed E-state index contributed by atoms with van der Waals surface area (Å²) >= 11 is 0. The molecule has 1 N–H and O–H groups in total. The summed E-state index contributed by atoms with van der Waals surface area (Å²) in [7, 11) is 2.01. The SMILES string of the molecule is CCc1cc2c(cc1CC[C@H](C)CN1CCCC1)nc(NC)n2C1CCCC1. The van der Waals surface area contributed by atoms with Gasteiger partial charge in [0.25, 0.3) is 0 Å². The van der Waals surface area contributed by atoms with Crippen LogP contribution in [0.4, 0.5) is 5.95 Å². The molecule has 1 saturated carbocycles. The topological polar surface area (TPSA) is 33.1 Å². The van der Waals surface area contributed by atoms with Gasteiger partial charge in [0.2, 0.25) is 5.95 Å². The van der Waals surface area contributed by atoms with Crippen molar-refractivity contribution >= 4 is 17.0 Å². The van der Waals surface area contributed by atoms with Gasteiger partial charge in [0.05, 0.1) is 11.0 Å². The fourth-order valence-corrected chi connectivity index (χ4v) is 5.40. The molecule has 1 aliphatic carbocycles. The zero-order chi connectivity index (χ0) is 19.5. The molecule has 4 nitrogen and oxygen atoms in total. The highest BCUT2D eigenvalue weighted by Gasteiger charge is 2.23. The lowest BCUT2D eigenvalue weighted by molar-refractivity contribution is 0.280. The minimum Gasteiger partial charge on any atom is -0.359 e. The quantitative estimate of drug-likeness (QED) is 0.662. The van der Waals surface area contributed by atoms with E-state index >= 15 is 0 Å². The molecule has 2 aromatic rings. The first kappa shape index (κ1) is 19.8. The van der Waals surface area contributed by atoms with Gasteiger partial charge >= 0.3 is 0 Å². The van der Waals surface area contributed by atoms with Crippen LogP contribution in [0.3, 0.4) is 0 Å². The Balaban J connectivity index is 1.54. The first-order valence-corrected chi connectivity index (χ1v) is 11.6. The third kappa shape index (κ3) is 4.07. The Morgan fingerprint density at radius 2 is 1.86 bits per heavy atom. The van der Waals surface area contributed by atoms with E-state index in [4.69, 9.17) is 4.98 Å². The van der Waals surface area contributed by atoms with Crippen molar-refractivity contribution in [1.29, 1.82) is 0 Å². The molecular formula is C24H38N4. The van der Waals surface area contributed by atoms with Crippen LogP contribution in [0.1, 0.15) is 76.0 Å². The van der Waals surface area contributed by atoms with E-state index in [0.29, 0.717) is 6.04 Å². The maximum Gasteiger partial charge on any atom is 0.203 e. The Hall–Kier alpha value is -1.55. The summed E-state index contributed by atoms with van der Waals surface area (Å²) in [6, 6.07) is 5.45. The van der Waals surface area contributed by atoms with Crippen LogP contribution in [0.15, 0.2) is 12.1 Å². The molecule has 1 saturated heterocycles. The van der Waals surface area contributed by atoms with Gasteiger partial charge in [-0.15, -0.1) is 0 Å². The standard InChI is InChI=1S/C24H38N4/c1-4-19-16-23-22(26-24(25-3)28(23)21-9-5-6-10-21)15-20(19)12-11-18(2)17-27-13-7-8-14-27/h15-16,18,21H,4-14,17H2,1-3H3,(H,25,26)/t18-/m0/s1. The molecule has 0 bridgehead atoms. The largest absolute Gasteiger partial charge is 0.359 e. The number of hydrogen-bond acceptors (Lipinski definition) is 3. The summed E-state index contributed by atoms with van der Waals surface area (Å²) in [5.74, 6) is 1.81. The van der Waals surface area contributed by atoms with E-state index in [-0.39, 0.29) is 0 Å². The van der Waals surface area contributed by atoms with Gasteiger partial charge in [-0.2, -0.15) is 0 Å². The van der Waals surface area contributed by atoms with Crippen LogP contribution in [-0.4, -0.2) is 41.1 Å². The molecule has 4 heteroatoms. The van der Waals surface area contributed by atoms with Crippen molar-refractivity contribution in [3.63, 3.8) is 0 Å². The molecule has 2 fully saturated rings. The highest BCUT2D eigenvalue weighted by Crippen LogP contribution is 2.36. The molecule has 0 unspecified atom stereocenters. The van der Waals surface area contributed by atoms with Gasteiger partial charge in [0.1, 0.15) is 0 Å². The summed E-state index contributed by atoms with van der Waals surface area (Å²) in [4.78, 5) is 7.62. The number of hydrogen-bond donors (Lipinski definition) is 1. The number of aryl methyl sites for hydroxylation is 2. The lowest BCUT2D eigenvalue weighted by atomic mass is 9.95. The van der Waals surface area contributed by atoms with E-state index in [1.165, 1.54) is 93.2 Å². The normalized spacial score (nSPS) is 19.7. The van der Waals surface area contributed by atoms with E-state index in [2.05, 4.69) is 40.8 Å². The number of fused-ring (bicyclic) bond motifs is 1. The molecule has 154 valence electrons. The van der Waals surface area contributed by atoms with Gasteiger partial charge in [0.15, 0.2) is 0 Å². The lowest BCUT2D eigenvalue weighted by Gasteiger charge is -2.21. The number of anilines is 1. The van der Waals surface area contributed by atoms with Gasteiger partial charge in [0, 0.05) is 19.6 Å². The Morgan fingerprint density at radius 3 is 2.54 bits per heavy atom. The summed E-state index contributed by atoms with van der Waals surface area (Å²) in [6.45, 7) is 8.61. The molecule has 2 aliphatic rings. The highest BCUT2D eigenvalue weighted by atomic mass is 15.2. The number of likely N-dealkylation sites (tertiary alicyclic amines) is 1. The van der Waals surface area contributed by atoms with Gasteiger partial charge in [-0.25, -0.2) is 4.98 Å². The second kappa shape index (κ2) is 8.86. The summed E-state index contributed by atoms with van der Waals surface area (Å²) in [5.41, 5.74) is 5.54. The van der Waals surface area contributed by atoms with Crippen LogP contribution in [0.2, 0.25) is 0 Å². The summed E-state index contributed by atoms with van der Waals surface area (Å²) < 4.78 is 2.49. The van der Waals surface area contributed by atoms with Gasteiger partial charge in [-0.1, -0.05) is 26.7 Å². The van der Waals surface area contributed by atoms with Crippen molar-refractivity contribution in [1.82, 2.24) is 14.5 Å². The van der Waals surface area contributed by atoms with Crippen molar-refractivity contribution in [2.24, 2.45) is 5.92 Å². The predicted octanol–water partition coefficient (Wildman–Crippen LogP) is 5.42. The van der Waals surface area contributed by atoms with Crippen molar-refractivity contribution in [3.8, 4) is 0 Å². The van der Waals surface area contributed by atoms with Crippen molar-refractivity contribution in [2.45, 2.75) is 77.7 Å². The fraction of sp³-hybridized carbons (Fsp3) is 0.708. The number of benzene rings is 1. The average molecular weight is 383 g/mol. The number of nitrogens with one attached hydrogen (secondary N) is 1. The minimum atomic E-state index is 0.614. The van der Waals surface area contributed by atoms with Crippen LogP contribution in [0.25, 0.3) is 11.0 Å². The maximum atomic E-state index is 4.97. The van der Waals surface area contributed by atoms with E-state index in [0.717, 1.165) is 18.3 Å². The molecule has 1 aromatic carbocycles. The molecular weight excluding hydrogens is 344 g/mol. The molecule has 1 atom stereocenters. The molecule has 1 aromatic heterocycles. The number of imidazole rings is 1. The van der Waals surface area contributed by atoms with Crippen molar-refractivity contribution in [2.75, 3.05) is 32.0 Å². The first-order valence-electron chi connectivity index (χ1n) is 11.6. The van der Waals surface area contributed by atoms with Crippen LogP contribution < -0.4 is 5.32 Å². The maximum absolute atomic E-state index is 4.97. The smallest absolute Gasteiger partial charge is 0.203 e. The Morgan fingerprint density at radius 1 is 1.11 bits per heavy atom. The Bertz CT molecular complexity index is 781. The monoisotopic (exact) mass is 382 g/mol. The third-order valence-electron chi connectivity index (χ3n) is 6.98. The lowest BCUT2D eigenvalue weighted by Crippen LogP contribution is -2.25. The molecule has 0 spiro atoms. The van der Waals surface area contributed by atoms with Gasteiger partial charge in [-0.3, -0.25) is 0 Å². The van der Waals surface area contributed by atoms with Crippen molar-refractivity contribution in [3.05, 3.63) is 23.3 Å². The highest BCUT2D eigenvalue weighted by molar-refractivity contribution is 5.81. The Kier molecular flexibility index (Phi) is 6.25. The number of rotatable bonds is 8. The van der Waals surface area contributed by atoms with Crippen LogP contribution >= 0.6 is 0 Å². The average Bonchev–Trinajstić information content (AvgIpc) is 3.45. The summed E-state index contributed by atoms with van der Waals surface area (Å²) in [5, 5.41) is 3.36. The second-order valence-corrected chi connectivity index (χ2v) is 9.11. The number of aromatic nitrogens is 2. The van der Waals surface area contributed by atoms with E-state index < -0.39 is 0 Å². The second-order valence-electron chi connectivity index (χ2n) is 9.11. The third-order valence-corrected chi connectivity index (χ3v) is 6.98. The minimum absolute atomic E-state index is 0.614. The molecule has 0 radical (unpaired) electrons. The van der Waals surface area contributed by atoms with Gasteiger partial charge in [-0.05, 0) is 87.2 Å².